The maximum Gasteiger partial charge on any atom is 0.437 e. The van der Waals surface area contributed by atoms with Crippen LogP contribution in [0, 0.1) is 0 Å². The van der Waals surface area contributed by atoms with Gasteiger partial charge in [0.2, 0.25) is 0 Å². The lowest BCUT2D eigenvalue weighted by Gasteiger charge is -2.15. The molecule has 0 unspecified atom stereocenters. The number of hydrogen-bond acceptors (Lipinski definition) is 5. The Bertz CT molecular complexity index is 534. The first kappa shape index (κ1) is 12.1. The van der Waals surface area contributed by atoms with Crippen molar-refractivity contribution in [3.63, 3.8) is 0 Å². The summed E-state index contributed by atoms with van der Waals surface area (Å²) >= 11 is 1.46. The minimum atomic E-state index is -0.818. The van der Waals surface area contributed by atoms with E-state index in [0.29, 0.717) is 18.9 Å². The number of aliphatic hydroxyl groups is 1. The molecule has 2 heterocycles. The topological polar surface area (TPSA) is 68.3 Å². The molecule has 0 aliphatic heterocycles. The lowest BCUT2D eigenvalue weighted by Crippen LogP contribution is -2.25. The van der Waals surface area contributed by atoms with Crippen molar-refractivity contribution in [2.75, 3.05) is 0 Å². The van der Waals surface area contributed by atoms with Gasteiger partial charge in [0.15, 0.2) is 0 Å². The summed E-state index contributed by atoms with van der Waals surface area (Å²) in [5.74, 6) is -0.154. The van der Waals surface area contributed by atoms with E-state index in [1.807, 2.05) is 17.5 Å². The maximum atomic E-state index is 11.5. The van der Waals surface area contributed by atoms with Gasteiger partial charge in [-0.2, -0.15) is 4.68 Å². The Morgan fingerprint density at radius 2 is 2.35 bits per heavy atom. The van der Waals surface area contributed by atoms with Crippen LogP contribution in [0.1, 0.15) is 20.3 Å². The third-order valence-electron chi connectivity index (χ3n) is 2.27. The van der Waals surface area contributed by atoms with Crippen molar-refractivity contribution in [1.82, 2.24) is 9.78 Å². The summed E-state index contributed by atoms with van der Waals surface area (Å²) in [4.78, 5) is 12.3. The third-order valence-corrected chi connectivity index (χ3v) is 3.13. The Balaban J connectivity index is 2.18. The van der Waals surface area contributed by atoms with E-state index in [9.17, 15) is 9.90 Å². The normalized spacial score (nSPS) is 11.9. The van der Waals surface area contributed by atoms with Crippen molar-refractivity contribution >= 4 is 11.3 Å². The molecule has 0 atom stereocenters. The van der Waals surface area contributed by atoms with E-state index in [4.69, 9.17) is 4.42 Å². The van der Waals surface area contributed by atoms with Crippen LogP contribution in [0.2, 0.25) is 0 Å². The molecule has 0 aliphatic carbocycles. The Morgan fingerprint density at radius 1 is 1.59 bits per heavy atom. The van der Waals surface area contributed by atoms with Gasteiger partial charge in [-0.25, -0.2) is 4.79 Å². The van der Waals surface area contributed by atoms with E-state index < -0.39 is 11.4 Å². The SMILES string of the molecule is CC(C)(O)CCn1nc(-c2cccs2)oc1=O. The minimum Gasteiger partial charge on any atom is -0.390 e. The first-order chi connectivity index (χ1) is 7.96. The molecule has 5 nitrogen and oxygen atoms in total. The second-order valence-electron chi connectivity index (χ2n) is 4.44. The molecular formula is C11H14N2O3S. The fourth-order valence-corrected chi connectivity index (χ4v) is 1.97. The largest absolute Gasteiger partial charge is 0.437 e. The number of aromatic nitrogens is 2. The Hall–Kier alpha value is -1.40. The predicted molar refractivity (Wildman–Crippen MR) is 65.0 cm³/mol. The second-order valence-corrected chi connectivity index (χ2v) is 5.38. The lowest BCUT2D eigenvalue weighted by atomic mass is 10.1. The highest BCUT2D eigenvalue weighted by Gasteiger charge is 2.16. The van der Waals surface area contributed by atoms with Crippen molar-refractivity contribution < 1.29 is 9.52 Å². The highest BCUT2D eigenvalue weighted by molar-refractivity contribution is 7.13. The fraction of sp³-hybridized carbons (Fsp3) is 0.455. The van der Waals surface area contributed by atoms with E-state index >= 15 is 0 Å². The molecule has 0 amide bonds. The van der Waals surface area contributed by atoms with E-state index in [0.717, 1.165) is 4.88 Å². The molecule has 2 aromatic heterocycles. The number of aryl methyl sites for hydroxylation is 1. The van der Waals surface area contributed by atoms with Crippen LogP contribution in [0.3, 0.4) is 0 Å². The summed E-state index contributed by atoms with van der Waals surface area (Å²) in [6, 6.07) is 3.71. The van der Waals surface area contributed by atoms with Crippen molar-refractivity contribution in [3.8, 4) is 10.8 Å². The quantitative estimate of drug-likeness (QED) is 0.902. The highest BCUT2D eigenvalue weighted by Crippen LogP contribution is 2.21. The van der Waals surface area contributed by atoms with E-state index in [1.165, 1.54) is 16.0 Å². The van der Waals surface area contributed by atoms with Gasteiger partial charge in [-0.3, -0.25) is 0 Å². The molecule has 92 valence electrons. The average Bonchev–Trinajstić information content (AvgIpc) is 2.82. The first-order valence-corrected chi connectivity index (χ1v) is 6.18. The maximum absolute atomic E-state index is 11.5. The molecule has 6 heteroatoms. The second kappa shape index (κ2) is 4.46. The van der Waals surface area contributed by atoms with Gasteiger partial charge in [0, 0.05) is 0 Å². The molecule has 17 heavy (non-hydrogen) atoms. The van der Waals surface area contributed by atoms with E-state index in [1.54, 1.807) is 13.8 Å². The van der Waals surface area contributed by atoms with Gasteiger partial charge in [-0.15, -0.1) is 16.4 Å². The minimum absolute atomic E-state index is 0.334. The van der Waals surface area contributed by atoms with Crippen LogP contribution >= 0.6 is 11.3 Å². The molecule has 0 radical (unpaired) electrons. The summed E-state index contributed by atoms with van der Waals surface area (Å²) in [7, 11) is 0. The highest BCUT2D eigenvalue weighted by atomic mass is 32.1. The van der Waals surface area contributed by atoms with Crippen molar-refractivity contribution in [2.45, 2.75) is 32.4 Å². The van der Waals surface area contributed by atoms with Gasteiger partial charge >= 0.3 is 5.76 Å². The molecule has 2 aromatic rings. The molecule has 0 fully saturated rings. The number of nitrogens with zero attached hydrogens (tertiary/aromatic N) is 2. The molecule has 2 rings (SSSR count). The van der Waals surface area contributed by atoms with Crippen LogP contribution in [0.4, 0.5) is 0 Å². The number of rotatable bonds is 4. The summed E-state index contributed by atoms with van der Waals surface area (Å²) in [5, 5.41) is 15.6. The summed E-state index contributed by atoms with van der Waals surface area (Å²) in [6.45, 7) is 3.73. The number of thiophene rings is 1. The van der Waals surface area contributed by atoms with Gasteiger partial charge in [0.25, 0.3) is 5.89 Å². The van der Waals surface area contributed by atoms with E-state index in [2.05, 4.69) is 5.10 Å². The average molecular weight is 254 g/mol. The molecule has 0 saturated carbocycles. The van der Waals surface area contributed by atoms with Gasteiger partial charge < -0.3 is 9.52 Å². The Kier molecular flexibility index (Phi) is 3.17. The van der Waals surface area contributed by atoms with Gasteiger partial charge in [-0.1, -0.05) is 6.07 Å². The van der Waals surface area contributed by atoms with Crippen LogP contribution in [0.15, 0.2) is 26.7 Å². The predicted octanol–water partition coefficient (Wildman–Crippen LogP) is 1.73. The third kappa shape index (κ3) is 3.04. The monoisotopic (exact) mass is 254 g/mol. The van der Waals surface area contributed by atoms with Crippen molar-refractivity contribution in [2.24, 2.45) is 0 Å². The van der Waals surface area contributed by atoms with Crippen LogP contribution in [0.5, 0.6) is 0 Å². The zero-order chi connectivity index (χ0) is 12.5. The molecule has 0 aliphatic rings. The van der Waals surface area contributed by atoms with Crippen LogP contribution in [-0.4, -0.2) is 20.5 Å². The van der Waals surface area contributed by atoms with Crippen LogP contribution < -0.4 is 5.76 Å². The molecule has 0 spiro atoms. The van der Waals surface area contributed by atoms with Gasteiger partial charge in [-0.05, 0) is 31.7 Å². The van der Waals surface area contributed by atoms with Crippen LogP contribution in [0.25, 0.3) is 10.8 Å². The Labute approximate surface area is 102 Å². The molecule has 0 bridgehead atoms. The van der Waals surface area contributed by atoms with Crippen molar-refractivity contribution in [1.29, 1.82) is 0 Å². The molecule has 0 saturated heterocycles. The molecular weight excluding hydrogens is 240 g/mol. The number of hydrogen-bond donors (Lipinski definition) is 1. The first-order valence-electron chi connectivity index (χ1n) is 5.30. The summed E-state index contributed by atoms with van der Waals surface area (Å²) < 4.78 is 6.29. The Morgan fingerprint density at radius 3 is 2.94 bits per heavy atom. The zero-order valence-electron chi connectivity index (χ0n) is 9.71. The smallest absolute Gasteiger partial charge is 0.390 e. The zero-order valence-corrected chi connectivity index (χ0v) is 10.5. The lowest BCUT2D eigenvalue weighted by molar-refractivity contribution is 0.0645. The van der Waals surface area contributed by atoms with Gasteiger partial charge in [0.1, 0.15) is 0 Å². The molecule has 0 aromatic carbocycles. The molecule has 1 N–H and O–H groups in total. The summed E-state index contributed by atoms with van der Waals surface area (Å²) in [6.07, 6.45) is 0.448. The standard InChI is InChI=1S/C11H14N2O3S/c1-11(2,15)5-6-13-10(14)16-9(12-13)8-4-3-7-17-8/h3-4,7,15H,5-6H2,1-2H3. The van der Waals surface area contributed by atoms with Crippen molar-refractivity contribution in [3.05, 3.63) is 28.1 Å². The fourth-order valence-electron chi connectivity index (χ4n) is 1.33. The van der Waals surface area contributed by atoms with Crippen LogP contribution in [-0.2, 0) is 6.54 Å². The van der Waals surface area contributed by atoms with Gasteiger partial charge in [0.05, 0.1) is 17.0 Å². The van der Waals surface area contributed by atoms with E-state index in [-0.39, 0.29) is 0 Å². The summed E-state index contributed by atoms with van der Waals surface area (Å²) in [5.41, 5.74) is -0.818.